The number of nitrogens with zero attached hydrogens (tertiary/aromatic N) is 1. The van der Waals surface area contributed by atoms with Crippen LogP contribution in [0, 0.1) is 0 Å². The van der Waals surface area contributed by atoms with Crippen molar-refractivity contribution in [3.8, 4) is 28.1 Å². The van der Waals surface area contributed by atoms with Crippen LogP contribution in [-0.2, 0) is 0 Å². The number of aromatic nitrogens is 1. The molecule has 3 aromatic rings. The van der Waals surface area contributed by atoms with E-state index in [2.05, 4.69) is 92.1 Å². The average molecular weight is 368 g/mol. The van der Waals surface area contributed by atoms with E-state index in [-0.39, 0.29) is 5.04 Å². The highest BCUT2D eigenvalue weighted by Crippen LogP contribution is 2.38. The molecule has 2 aromatic heterocycles. The molecule has 0 aliphatic rings. The molecule has 0 amide bonds. The molecule has 4 heteroatoms. The lowest BCUT2D eigenvalue weighted by Gasteiger charge is -2.36. The van der Waals surface area contributed by atoms with Crippen LogP contribution in [0.25, 0.3) is 22.4 Å². The molecule has 0 spiro atoms. The first-order chi connectivity index (χ1) is 11.8. The highest BCUT2D eigenvalue weighted by Gasteiger charge is 2.38. The fourth-order valence-corrected chi connectivity index (χ4v) is 4.04. The Morgan fingerprint density at radius 2 is 1.72 bits per heavy atom. The summed E-state index contributed by atoms with van der Waals surface area (Å²) in [5.74, 6) is 0.956. The number of thiophene rings is 1. The van der Waals surface area contributed by atoms with Crippen LogP contribution in [0.4, 0.5) is 0 Å². The molecule has 2 nitrogen and oxygen atoms in total. The Hall–Kier alpha value is -1.91. The second kappa shape index (κ2) is 6.77. The van der Waals surface area contributed by atoms with Gasteiger partial charge in [0.2, 0.25) is 8.32 Å². The highest BCUT2D eigenvalue weighted by atomic mass is 32.1. The van der Waals surface area contributed by atoms with Crippen molar-refractivity contribution >= 4 is 19.7 Å². The van der Waals surface area contributed by atoms with E-state index in [9.17, 15) is 0 Å². The minimum absolute atomic E-state index is 0.186. The summed E-state index contributed by atoms with van der Waals surface area (Å²) in [6.45, 7) is 11.3. The van der Waals surface area contributed by atoms with Gasteiger partial charge in [0.25, 0.3) is 0 Å². The average Bonchev–Trinajstić information content (AvgIpc) is 3.08. The molecular formula is C21H25NOSSi. The van der Waals surface area contributed by atoms with E-state index < -0.39 is 8.32 Å². The number of pyridine rings is 1. The summed E-state index contributed by atoms with van der Waals surface area (Å²) in [7, 11) is -1.84. The summed E-state index contributed by atoms with van der Waals surface area (Å²) in [6, 6.07) is 14.7. The largest absolute Gasteiger partial charge is 0.543 e. The SMILES string of the molecule is CC(C)(C)[Si](C)(C)Oc1cccc(-c2ccnc(-c3ccsc3)c2)c1. The molecule has 0 unspecified atom stereocenters. The molecule has 0 aliphatic carbocycles. The lowest BCUT2D eigenvalue weighted by Crippen LogP contribution is -2.43. The van der Waals surface area contributed by atoms with Crippen molar-refractivity contribution < 1.29 is 4.43 Å². The van der Waals surface area contributed by atoms with E-state index in [0.717, 1.165) is 22.6 Å². The molecule has 25 heavy (non-hydrogen) atoms. The van der Waals surface area contributed by atoms with Crippen LogP contribution in [-0.4, -0.2) is 13.3 Å². The van der Waals surface area contributed by atoms with Gasteiger partial charge in [0, 0.05) is 17.1 Å². The van der Waals surface area contributed by atoms with Crippen LogP contribution in [0.2, 0.25) is 18.1 Å². The first-order valence-corrected chi connectivity index (χ1v) is 12.4. The van der Waals surface area contributed by atoms with Crippen LogP contribution < -0.4 is 4.43 Å². The van der Waals surface area contributed by atoms with E-state index in [4.69, 9.17) is 4.43 Å². The fourth-order valence-electron chi connectivity index (χ4n) is 2.37. The van der Waals surface area contributed by atoms with Gasteiger partial charge in [0.15, 0.2) is 0 Å². The maximum absolute atomic E-state index is 6.46. The maximum atomic E-state index is 6.46. The van der Waals surface area contributed by atoms with Gasteiger partial charge in [-0.15, -0.1) is 0 Å². The number of rotatable bonds is 4. The normalized spacial score (nSPS) is 12.2. The first kappa shape index (κ1) is 17.9. The Labute approximate surface area is 155 Å². The van der Waals surface area contributed by atoms with Crippen LogP contribution in [0.15, 0.2) is 59.4 Å². The molecule has 0 bridgehead atoms. The van der Waals surface area contributed by atoms with Gasteiger partial charge in [-0.25, -0.2) is 0 Å². The number of hydrogen-bond acceptors (Lipinski definition) is 3. The topological polar surface area (TPSA) is 22.1 Å². The summed E-state index contributed by atoms with van der Waals surface area (Å²) < 4.78 is 6.46. The Balaban J connectivity index is 1.91. The molecule has 0 aliphatic heterocycles. The van der Waals surface area contributed by atoms with Crippen molar-refractivity contribution in [2.24, 2.45) is 0 Å². The Bertz CT molecular complexity index is 850. The van der Waals surface area contributed by atoms with Gasteiger partial charge in [-0.05, 0) is 65.0 Å². The van der Waals surface area contributed by atoms with Gasteiger partial charge in [0.05, 0.1) is 5.69 Å². The van der Waals surface area contributed by atoms with Crippen LogP contribution in [0.3, 0.4) is 0 Å². The molecule has 0 radical (unpaired) electrons. The molecule has 0 atom stereocenters. The Kier molecular flexibility index (Phi) is 4.85. The van der Waals surface area contributed by atoms with Gasteiger partial charge in [-0.1, -0.05) is 32.9 Å². The van der Waals surface area contributed by atoms with Crippen LogP contribution in [0.5, 0.6) is 5.75 Å². The zero-order chi connectivity index (χ0) is 18.1. The molecule has 0 saturated carbocycles. The molecule has 0 fully saturated rings. The van der Waals surface area contributed by atoms with Crippen molar-refractivity contribution in [1.82, 2.24) is 4.98 Å². The van der Waals surface area contributed by atoms with Crippen molar-refractivity contribution in [3.05, 3.63) is 59.4 Å². The third-order valence-electron chi connectivity index (χ3n) is 4.92. The van der Waals surface area contributed by atoms with Gasteiger partial charge < -0.3 is 4.43 Å². The first-order valence-electron chi connectivity index (χ1n) is 8.54. The predicted molar refractivity (Wildman–Crippen MR) is 111 cm³/mol. The third kappa shape index (κ3) is 4.02. The van der Waals surface area contributed by atoms with E-state index in [1.54, 1.807) is 11.3 Å². The monoisotopic (exact) mass is 367 g/mol. The van der Waals surface area contributed by atoms with Crippen LogP contribution >= 0.6 is 11.3 Å². The highest BCUT2D eigenvalue weighted by molar-refractivity contribution is 7.08. The number of hydrogen-bond donors (Lipinski definition) is 0. The van der Waals surface area contributed by atoms with E-state index in [0.29, 0.717) is 0 Å². The zero-order valence-electron chi connectivity index (χ0n) is 15.5. The smallest absolute Gasteiger partial charge is 0.250 e. The second-order valence-corrected chi connectivity index (χ2v) is 13.3. The van der Waals surface area contributed by atoms with Crippen molar-refractivity contribution in [2.45, 2.75) is 38.9 Å². The van der Waals surface area contributed by atoms with E-state index >= 15 is 0 Å². The number of benzene rings is 1. The Morgan fingerprint density at radius 3 is 2.40 bits per heavy atom. The minimum atomic E-state index is -1.84. The maximum Gasteiger partial charge on any atom is 0.250 e. The minimum Gasteiger partial charge on any atom is -0.543 e. The second-order valence-electron chi connectivity index (χ2n) is 7.83. The molecule has 130 valence electrons. The summed E-state index contributed by atoms with van der Waals surface area (Å²) >= 11 is 1.69. The summed E-state index contributed by atoms with van der Waals surface area (Å²) in [4.78, 5) is 4.50. The van der Waals surface area contributed by atoms with Gasteiger partial charge in [0.1, 0.15) is 5.75 Å². The zero-order valence-corrected chi connectivity index (χ0v) is 17.4. The predicted octanol–water partition coefficient (Wildman–Crippen LogP) is 6.86. The van der Waals surface area contributed by atoms with Crippen molar-refractivity contribution in [1.29, 1.82) is 0 Å². The lowest BCUT2D eigenvalue weighted by molar-refractivity contribution is 0.492. The molecule has 0 saturated heterocycles. The standard InChI is InChI=1S/C21H25NOSSi/c1-21(2,3)25(4,5)23-19-8-6-7-16(13-19)17-9-11-22-20(14-17)18-10-12-24-15-18/h6-15H,1-5H3. The fraction of sp³-hybridized carbons (Fsp3) is 0.286. The van der Waals surface area contributed by atoms with E-state index in [1.807, 2.05) is 6.20 Å². The van der Waals surface area contributed by atoms with Crippen molar-refractivity contribution in [2.75, 3.05) is 0 Å². The Morgan fingerprint density at radius 1 is 0.960 bits per heavy atom. The summed E-state index contributed by atoms with van der Waals surface area (Å²) in [5.41, 5.74) is 4.50. The van der Waals surface area contributed by atoms with Gasteiger partial charge >= 0.3 is 0 Å². The van der Waals surface area contributed by atoms with E-state index in [1.165, 1.54) is 5.56 Å². The quantitative estimate of drug-likeness (QED) is 0.470. The molecule has 2 heterocycles. The van der Waals surface area contributed by atoms with Gasteiger partial charge in [-0.3, -0.25) is 4.98 Å². The van der Waals surface area contributed by atoms with Crippen LogP contribution in [0.1, 0.15) is 20.8 Å². The molecular weight excluding hydrogens is 342 g/mol. The molecule has 0 N–H and O–H groups in total. The summed E-state index contributed by atoms with van der Waals surface area (Å²) in [6.07, 6.45) is 1.88. The van der Waals surface area contributed by atoms with Crippen molar-refractivity contribution in [3.63, 3.8) is 0 Å². The molecule has 3 rings (SSSR count). The van der Waals surface area contributed by atoms with Gasteiger partial charge in [-0.2, -0.15) is 11.3 Å². The lowest BCUT2D eigenvalue weighted by atomic mass is 10.0. The summed E-state index contributed by atoms with van der Waals surface area (Å²) in [5, 5.41) is 4.40. The molecule has 1 aromatic carbocycles. The third-order valence-corrected chi connectivity index (χ3v) is 9.97.